The molecule has 0 aliphatic carbocycles. The van der Waals surface area contributed by atoms with Gasteiger partial charge in [0.1, 0.15) is 5.52 Å². The molecule has 0 radical (unpaired) electrons. The van der Waals surface area contributed by atoms with Gasteiger partial charge in [-0.25, -0.2) is 9.97 Å². The number of piperazine rings is 1. The number of unbranched alkanes of at least 4 members (excludes halogenated alkanes) is 2. The fourth-order valence-corrected chi connectivity index (χ4v) is 3.58. The van der Waals surface area contributed by atoms with Crippen LogP contribution in [0.5, 0.6) is 0 Å². The Labute approximate surface area is 128 Å². The lowest BCUT2D eigenvalue weighted by molar-refractivity contribution is 0.586. The molecule has 0 amide bonds. The van der Waals surface area contributed by atoms with Crippen molar-refractivity contribution in [3.63, 3.8) is 0 Å². The van der Waals surface area contributed by atoms with Crippen LogP contribution in [0.1, 0.15) is 31.2 Å². The van der Waals surface area contributed by atoms with Crippen LogP contribution in [-0.2, 0) is 6.42 Å². The number of aromatic nitrogens is 3. The first-order valence-corrected chi connectivity index (χ1v) is 8.48. The topological polar surface area (TPSA) is 80.0 Å². The quantitative estimate of drug-likeness (QED) is 0.820. The minimum Gasteiger partial charge on any atom is -0.368 e. The molecule has 21 heavy (non-hydrogen) atoms. The number of thiazole rings is 1. The van der Waals surface area contributed by atoms with Gasteiger partial charge in [0.05, 0.1) is 5.01 Å². The molecule has 0 saturated carbocycles. The number of anilines is 2. The van der Waals surface area contributed by atoms with Crippen LogP contribution in [0.4, 0.5) is 11.8 Å². The number of rotatable bonds is 5. The molecule has 3 rings (SSSR count). The zero-order valence-corrected chi connectivity index (χ0v) is 13.2. The molecule has 0 atom stereocenters. The summed E-state index contributed by atoms with van der Waals surface area (Å²) in [4.78, 5) is 16.8. The minimum atomic E-state index is 0.347. The van der Waals surface area contributed by atoms with Crippen molar-refractivity contribution < 1.29 is 0 Å². The van der Waals surface area contributed by atoms with Gasteiger partial charge in [-0.15, -0.1) is 0 Å². The third-order valence-corrected chi connectivity index (χ3v) is 4.72. The molecule has 3 heterocycles. The number of nitrogens with zero attached hydrogens (tertiary/aromatic N) is 4. The molecule has 1 aliphatic rings. The normalized spacial score (nSPS) is 15.8. The second-order valence-corrected chi connectivity index (χ2v) is 6.42. The molecular weight excluding hydrogens is 284 g/mol. The van der Waals surface area contributed by atoms with Crippen LogP contribution in [-0.4, -0.2) is 41.1 Å². The second kappa shape index (κ2) is 6.53. The molecule has 114 valence electrons. The zero-order chi connectivity index (χ0) is 14.7. The van der Waals surface area contributed by atoms with Crippen LogP contribution < -0.4 is 16.0 Å². The highest BCUT2D eigenvalue weighted by Gasteiger charge is 2.19. The Kier molecular flexibility index (Phi) is 4.50. The fraction of sp³-hybridized carbons (Fsp3) is 0.643. The summed E-state index contributed by atoms with van der Waals surface area (Å²) in [5.41, 5.74) is 6.80. The Morgan fingerprint density at radius 2 is 2.00 bits per heavy atom. The van der Waals surface area contributed by atoms with Gasteiger partial charge in [-0.05, 0) is 12.8 Å². The second-order valence-electron chi connectivity index (χ2n) is 5.36. The summed E-state index contributed by atoms with van der Waals surface area (Å²) in [6.45, 7) is 6.04. The van der Waals surface area contributed by atoms with Crippen molar-refractivity contribution in [2.75, 3.05) is 36.8 Å². The summed E-state index contributed by atoms with van der Waals surface area (Å²) in [5.74, 6) is 1.25. The Morgan fingerprint density at radius 3 is 2.76 bits per heavy atom. The number of hydrogen-bond donors (Lipinski definition) is 2. The Morgan fingerprint density at radius 1 is 1.19 bits per heavy atom. The molecular formula is C14H22N6S. The molecule has 0 aromatic carbocycles. The summed E-state index contributed by atoms with van der Waals surface area (Å²) >= 11 is 1.66. The molecule has 1 aliphatic heterocycles. The lowest BCUT2D eigenvalue weighted by Gasteiger charge is -2.28. The van der Waals surface area contributed by atoms with Gasteiger partial charge in [-0.2, -0.15) is 4.98 Å². The lowest BCUT2D eigenvalue weighted by atomic mass is 10.2. The van der Waals surface area contributed by atoms with Crippen molar-refractivity contribution in [2.45, 2.75) is 32.6 Å². The number of aryl methyl sites for hydroxylation is 1. The third kappa shape index (κ3) is 3.24. The average molecular weight is 306 g/mol. The third-order valence-electron chi connectivity index (χ3n) is 3.71. The van der Waals surface area contributed by atoms with E-state index in [0.717, 1.165) is 53.8 Å². The van der Waals surface area contributed by atoms with E-state index in [0.29, 0.717) is 5.95 Å². The predicted molar refractivity (Wildman–Crippen MR) is 87.9 cm³/mol. The molecule has 0 unspecified atom stereocenters. The van der Waals surface area contributed by atoms with Crippen LogP contribution in [0.15, 0.2) is 0 Å². The molecule has 0 bridgehead atoms. The van der Waals surface area contributed by atoms with Crippen molar-refractivity contribution in [1.82, 2.24) is 20.3 Å². The summed E-state index contributed by atoms with van der Waals surface area (Å²) in [6, 6.07) is 0. The van der Waals surface area contributed by atoms with Crippen LogP contribution in [0, 0.1) is 0 Å². The van der Waals surface area contributed by atoms with E-state index in [1.54, 1.807) is 11.3 Å². The lowest BCUT2D eigenvalue weighted by Crippen LogP contribution is -2.44. The van der Waals surface area contributed by atoms with Gasteiger partial charge in [0.2, 0.25) is 5.95 Å². The highest BCUT2D eigenvalue weighted by atomic mass is 32.1. The molecule has 3 N–H and O–H groups in total. The van der Waals surface area contributed by atoms with Crippen LogP contribution in [0.3, 0.4) is 0 Å². The van der Waals surface area contributed by atoms with E-state index in [4.69, 9.17) is 10.7 Å². The largest absolute Gasteiger partial charge is 0.368 e. The standard InChI is InChI=1S/C14H22N6S/c1-2-3-4-5-10-17-11-12(20-8-6-16-7-9-20)18-14(15)19-13(11)21-10/h16H,2-9H2,1H3,(H2,15,18,19). The maximum atomic E-state index is 5.88. The van der Waals surface area contributed by atoms with Crippen LogP contribution in [0.2, 0.25) is 0 Å². The number of nitrogens with one attached hydrogen (secondary N) is 1. The first kappa shape index (κ1) is 14.5. The molecule has 0 spiro atoms. The summed E-state index contributed by atoms with van der Waals surface area (Å²) in [5, 5.41) is 4.50. The van der Waals surface area contributed by atoms with Crippen molar-refractivity contribution in [3.8, 4) is 0 Å². The van der Waals surface area contributed by atoms with Crippen molar-refractivity contribution >= 4 is 33.5 Å². The van der Waals surface area contributed by atoms with Gasteiger partial charge in [-0.3, -0.25) is 0 Å². The molecule has 7 heteroatoms. The minimum absolute atomic E-state index is 0.347. The van der Waals surface area contributed by atoms with Gasteiger partial charge >= 0.3 is 0 Å². The zero-order valence-electron chi connectivity index (χ0n) is 12.4. The summed E-state index contributed by atoms with van der Waals surface area (Å²) in [7, 11) is 0. The van der Waals surface area contributed by atoms with Crippen molar-refractivity contribution in [1.29, 1.82) is 0 Å². The van der Waals surface area contributed by atoms with Gasteiger partial charge in [0.15, 0.2) is 10.6 Å². The molecule has 2 aromatic heterocycles. The summed E-state index contributed by atoms with van der Waals surface area (Å²) < 4.78 is 0. The summed E-state index contributed by atoms with van der Waals surface area (Å²) in [6.07, 6.45) is 4.68. The van der Waals surface area contributed by atoms with Crippen molar-refractivity contribution in [2.24, 2.45) is 0 Å². The van der Waals surface area contributed by atoms with E-state index in [1.165, 1.54) is 19.3 Å². The number of nitrogens with two attached hydrogens (primary N) is 1. The van der Waals surface area contributed by atoms with Crippen LogP contribution >= 0.6 is 11.3 Å². The monoisotopic (exact) mass is 306 g/mol. The van der Waals surface area contributed by atoms with Gasteiger partial charge in [0.25, 0.3) is 0 Å². The maximum Gasteiger partial charge on any atom is 0.223 e. The fourth-order valence-electron chi connectivity index (χ4n) is 2.60. The van der Waals surface area contributed by atoms with Crippen molar-refractivity contribution in [3.05, 3.63) is 5.01 Å². The Hall–Kier alpha value is -1.47. The van der Waals surface area contributed by atoms with Gasteiger partial charge in [-0.1, -0.05) is 31.1 Å². The van der Waals surface area contributed by atoms with Gasteiger partial charge < -0.3 is 16.0 Å². The van der Waals surface area contributed by atoms with Gasteiger partial charge in [0, 0.05) is 26.2 Å². The number of nitrogen functional groups attached to an aromatic ring is 1. The van der Waals surface area contributed by atoms with E-state index >= 15 is 0 Å². The highest BCUT2D eigenvalue weighted by molar-refractivity contribution is 7.18. The first-order chi connectivity index (χ1) is 10.3. The van der Waals surface area contributed by atoms with E-state index in [2.05, 4.69) is 27.1 Å². The molecule has 6 nitrogen and oxygen atoms in total. The molecule has 1 saturated heterocycles. The van der Waals surface area contributed by atoms with E-state index in [9.17, 15) is 0 Å². The van der Waals surface area contributed by atoms with E-state index in [-0.39, 0.29) is 0 Å². The van der Waals surface area contributed by atoms with E-state index < -0.39 is 0 Å². The Bertz CT molecular complexity index is 605. The maximum absolute atomic E-state index is 5.88. The first-order valence-electron chi connectivity index (χ1n) is 7.66. The SMILES string of the molecule is CCCCCc1nc2c(N3CCNCC3)nc(N)nc2s1. The van der Waals surface area contributed by atoms with E-state index in [1.807, 2.05) is 0 Å². The average Bonchev–Trinajstić information content (AvgIpc) is 2.90. The Balaban J connectivity index is 1.91. The smallest absolute Gasteiger partial charge is 0.223 e. The number of fused-ring (bicyclic) bond motifs is 1. The number of hydrogen-bond acceptors (Lipinski definition) is 7. The highest BCUT2D eigenvalue weighted by Crippen LogP contribution is 2.29. The van der Waals surface area contributed by atoms with Crippen LogP contribution in [0.25, 0.3) is 10.3 Å². The molecule has 2 aromatic rings. The molecule has 1 fully saturated rings. The predicted octanol–water partition coefficient (Wildman–Crippen LogP) is 1.81.